The molecule has 3 aromatic rings. The summed E-state index contributed by atoms with van der Waals surface area (Å²) in [7, 11) is 2.88. The second-order valence-corrected chi connectivity index (χ2v) is 13.5. The van der Waals surface area contributed by atoms with Crippen LogP contribution in [0.25, 0.3) is 5.76 Å². The van der Waals surface area contributed by atoms with Crippen LogP contribution in [-0.4, -0.2) is 80.1 Å². The molecule has 6 rings (SSSR count). The number of phenolic OH excluding ortho intramolecular Hbond substituents is 1. The van der Waals surface area contributed by atoms with E-state index < -0.39 is 80.6 Å². The summed E-state index contributed by atoms with van der Waals surface area (Å²) in [6, 6.07) is 19.2. The first kappa shape index (κ1) is 33.8. The number of benzene rings is 3. The number of nitrogens with two attached hydrogens (primary N) is 4. The Hall–Kier alpha value is -5.05. The summed E-state index contributed by atoms with van der Waals surface area (Å²) >= 11 is 0. The Kier molecular flexibility index (Phi) is 7.96. The van der Waals surface area contributed by atoms with Crippen molar-refractivity contribution >= 4 is 28.9 Å². The van der Waals surface area contributed by atoms with Crippen LogP contribution in [0.3, 0.4) is 0 Å². The zero-order valence-corrected chi connectivity index (χ0v) is 27.3. The summed E-state index contributed by atoms with van der Waals surface area (Å²) in [5, 5.41) is 47.6. The number of amides is 1. The quantitative estimate of drug-likeness (QED) is 0.165. The number of hydrogen-bond acceptors (Lipinski definition) is 12. The highest BCUT2D eigenvalue weighted by atomic mass is 16.3. The molecule has 3 aromatic carbocycles. The fourth-order valence-electron chi connectivity index (χ4n) is 8.02. The van der Waals surface area contributed by atoms with Crippen LogP contribution in [0.5, 0.6) is 5.75 Å². The Balaban J connectivity index is 1.59. The maximum atomic E-state index is 14.8. The van der Waals surface area contributed by atoms with E-state index >= 15 is 0 Å². The van der Waals surface area contributed by atoms with Crippen molar-refractivity contribution in [2.24, 2.45) is 28.3 Å². The fourth-order valence-corrected chi connectivity index (χ4v) is 8.02. The lowest BCUT2D eigenvalue weighted by Crippen LogP contribution is -2.87. The number of carbonyl (C=O) groups excluding carboxylic acids is 3. The molecule has 13 heteroatoms. The minimum absolute atomic E-state index is 0.101. The lowest BCUT2D eigenvalue weighted by atomic mass is 9.45. The highest BCUT2D eigenvalue weighted by Gasteiger charge is 2.77. The van der Waals surface area contributed by atoms with E-state index in [1.807, 2.05) is 65.6 Å². The summed E-state index contributed by atoms with van der Waals surface area (Å²) < 4.78 is 0. The molecule has 0 aliphatic heterocycles. The molecule has 3 aliphatic carbocycles. The third-order valence-corrected chi connectivity index (χ3v) is 10.6. The second kappa shape index (κ2) is 11.5. The van der Waals surface area contributed by atoms with Gasteiger partial charge in [-0.15, -0.1) is 0 Å². The number of Topliss-reactive ketones (excluding diaryl/α,β-unsaturated/α-hetero) is 2. The summed E-state index contributed by atoms with van der Waals surface area (Å²) in [6.07, 6.45) is -2.08. The summed E-state index contributed by atoms with van der Waals surface area (Å²) in [6.45, 7) is 1.86. The van der Waals surface area contributed by atoms with Crippen molar-refractivity contribution in [3.63, 3.8) is 0 Å². The molecule has 12 N–H and O–H groups in total. The summed E-state index contributed by atoms with van der Waals surface area (Å²) in [5.41, 5.74) is 19.5. The number of aliphatic hydroxyl groups excluding tert-OH is 3. The molecule has 256 valence electrons. The Morgan fingerprint density at radius 1 is 0.878 bits per heavy atom. The summed E-state index contributed by atoms with van der Waals surface area (Å²) in [5.74, 6) is -5.71. The Morgan fingerprint density at radius 3 is 1.90 bits per heavy atom. The van der Waals surface area contributed by atoms with Gasteiger partial charge in [0, 0.05) is 13.1 Å². The topological polar surface area (TPSA) is 243 Å². The van der Waals surface area contributed by atoms with Crippen molar-refractivity contribution < 1.29 is 34.8 Å². The Morgan fingerprint density at radius 2 is 1.41 bits per heavy atom. The van der Waals surface area contributed by atoms with Gasteiger partial charge in [-0.25, -0.2) is 0 Å². The number of aromatic hydroxyl groups is 1. The largest absolute Gasteiger partial charge is 0.510 e. The number of rotatable bonds is 7. The van der Waals surface area contributed by atoms with Gasteiger partial charge in [0.2, 0.25) is 0 Å². The molecule has 0 radical (unpaired) electrons. The first-order valence-corrected chi connectivity index (χ1v) is 15.7. The van der Waals surface area contributed by atoms with Gasteiger partial charge < -0.3 is 48.3 Å². The Bertz CT molecular complexity index is 1910. The predicted octanol–water partition coefficient (Wildman–Crippen LogP) is 1.04. The lowest BCUT2D eigenvalue weighted by Gasteiger charge is -2.63. The van der Waals surface area contributed by atoms with E-state index in [0.717, 1.165) is 18.1 Å². The highest BCUT2D eigenvalue weighted by Crippen LogP contribution is 2.60. The maximum Gasteiger partial charge on any atom is 0.255 e. The average Bonchev–Trinajstić information content (AvgIpc) is 3.05. The molecule has 49 heavy (non-hydrogen) atoms. The van der Waals surface area contributed by atoms with E-state index in [1.165, 1.54) is 19.0 Å². The number of aliphatic hydroxyl groups is 3. The van der Waals surface area contributed by atoms with E-state index in [4.69, 9.17) is 22.9 Å². The van der Waals surface area contributed by atoms with Crippen molar-refractivity contribution in [1.82, 2.24) is 4.90 Å². The van der Waals surface area contributed by atoms with Crippen LogP contribution in [0.1, 0.15) is 35.2 Å². The molecule has 1 saturated carbocycles. The standard InChI is InChI=1S/C36H40N6O7/c1-34-30(46)23(32(38)48)27(45)29(41(2)3)36(34,40)33(49)35(39)24(31(34)47)26(44)22-20(28(35)37)14-15-21(25(22)43)42(16-18-10-6-4-7-11-18)17-19-12-8-5-9-13-19/h4-15,28-29,33,43-44,46,49H,16-17,37,39-40H2,1-3H3,(H2,38,48)/t28-,29+,33-,34-,35+,36-/m0/s1. The van der Waals surface area contributed by atoms with Crippen LogP contribution in [0.2, 0.25) is 0 Å². The smallest absolute Gasteiger partial charge is 0.255 e. The van der Waals surface area contributed by atoms with Crippen LogP contribution in [0.15, 0.2) is 89.7 Å². The first-order chi connectivity index (χ1) is 23.0. The normalized spacial score (nSPS) is 29.4. The maximum absolute atomic E-state index is 14.8. The van der Waals surface area contributed by atoms with Crippen LogP contribution >= 0.6 is 0 Å². The van der Waals surface area contributed by atoms with Gasteiger partial charge >= 0.3 is 0 Å². The van der Waals surface area contributed by atoms with E-state index in [9.17, 15) is 34.8 Å². The number of primary amides is 1. The van der Waals surface area contributed by atoms with Gasteiger partial charge in [0.15, 0.2) is 11.6 Å². The molecular weight excluding hydrogens is 628 g/mol. The lowest BCUT2D eigenvalue weighted by molar-refractivity contribution is -0.157. The SMILES string of the molecule is CN(C)[C@@H]1C(=O)C(C(N)=O)=C(O)[C@@]2(C)C(=O)C3=C(O)c4c(ccc(N(Cc5ccccc5)Cc5ccccc5)c4O)[C@H](N)[C@@]3(N)[C@H](O)[C@@]12N. The van der Waals surface area contributed by atoms with Gasteiger partial charge in [0.25, 0.3) is 5.91 Å². The monoisotopic (exact) mass is 668 g/mol. The van der Waals surface area contributed by atoms with E-state index in [-0.39, 0.29) is 11.1 Å². The van der Waals surface area contributed by atoms with Crippen LogP contribution < -0.4 is 27.8 Å². The fraction of sp³-hybridized carbons (Fsp3) is 0.306. The molecule has 3 aliphatic rings. The van der Waals surface area contributed by atoms with Crippen molar-refractivity contribution in [2.45, 2.75) is 49.3 Å². The van der Waals surface area contributed by atoms with Gasteiger partial charge in [-0.1, -0.05) is 66.7 Å². The van der Waals surface area contributed by atoms with Gasteiger partial charge in [0.05, 0.1) is 46.1 Å². The van der Waals surface area contributed by atoms with Crippen molar-refractivity contribution in [3.05, 3.63) is 112 Å². The number of ketones is 2. The van der Waals surface area contributed by atoms with Crippen molar-refractivity contribution in [2.75, 3.05) is 19.0 Å². The van der Waals surface area contributed by atoms with Gasteiger partial charge in [-0.3, -0.25) is 19.3 Å². The number of fused-ring (bicyclic) bond motifs is 3. The summed E-state index contributed by atoms with van der Waals surface area (Å²) in [4.78, 5) is 44.1. The average molecular weight is 669 g/mol. The Labute approximate surface area is 282 Å². The van der Waals surface area contributed by atoms with E-state index in [0.29, 0.717) is 18.8 Å². The molecule has 0 saturated heterocycles. The predicted molar refractivity (Wildman–Crippen MR) is 182 cm³/mol. The molecule has 1 fully saturated rings. The van der Waals surface area contributed by atoms with Crippen LogP contribution in [-0.2, 0) is 27.5 Å². The number of carbonyl (C=O) groups is 3. The molecule has 6 atom stereocenters. The number of phenols is 1. The van der Waals surface area contributed by atoms with Crippen molar-refractivity contribution in [3.8, 4) is 5.75 Å². The van der Waals surface area contributed by atoms with E-state index in [1.54, 1.807) is 12.1 Å². The number of nitrogens with zero attached hydrogens (tertiary/aromatic N) is 2. The minimum atomic E-state index is -2.41. The van der Waals surface area contributed by atoms with Gasteiger partial charge in [-0.2, -0.15) is 0 Å². The van der Waals surface area contributed by atoms with Crippen LogP contribution in [0, 0.1) is 5.41 Å². The zero-order valence-electron chi connectivity index (χ0n) is 27.3. The van der Waals surface area contributed by atoms with Gasteiger partial charge in [-0.05, 0) is 43.8 Å². The van der Waals surface area contributed by atoms with Crippen LogP contribution in [0.4, 0.5) is 5.69 Å². The molecule has 13 nitrogen and oxygen atoms in total. The third-order valence-electron chi connectivity index (χ3n) is 10.6. The molecule has 0 aromatic heterocycles. The van der Waals surface area contributed by atoms with E-state index in [2.05, 4.69) is 0 Å². The molecule has 1 amide bonds. The second-order valence-electron chi connectivity index (χ2n) is 13.5. The molecule has 0 spiro atoms. The molecule has 0 heterocycles. The molecular formula is C36H40N6O7. The highest BCUT2D eigenvalue weighted by molar-refractivity contribution is 6.25. The number of anilines is 1. The zero-order chi connectivity index (χ0) is 35.8. The van der Waals surface area contributed by atoms with Gasteiger partial charge in [0.1, 0.15) is 28.3 Å². The van der Waals surface area contributed by atoms with Crippen molar-refractivity contribution in [1.29, 1.82) is 0 Å². The third kappa shape index (κ3) is 4.47. The number of hydrogen-bond donors (Lipinski definition) is 8. The molecule has 0 unspecified atom stereocenters. The minimum Gasteiger partial charge on any atom is -0.510 e. The number of likely N-dealkylation sites (N-methyl/N-ethyl adjacent to an activating group) is 1. The first-order valence-electron chi connectivity index (χ1n) is 15.7. The molecule has 0 bridgehead atoms.